The van der Waals surface area contributed by atoms with Gasteiger partial charge in [0.25, 0.3) is 0 Å². The SMILES string of the molecule is O=C(NNc1ncnc(NC2CCCCC2)c1[N+](=O)[O-])C(c1ccccc1)c1ccccc1. The third kappa shape index (κ3) is 5.43. The lowest BCUT2D eigenvalue weighted by Crippen LogP contribution is -2.35. The van der Waals surface area contributed by atoms with Crippen LogP contribution in [-0.2, 0) is 4.79 Å². The molecule has 9 nitrogen and oxygen atoms in total. The van der Waals surface area contributed by atoms with E-state index in [4.69, 9.17) is 0 Å². The molecule has 0 radical (unpaired) electrons. The molecule has 1 aliphatic carbocycles. The number of hydrogen-bond acceptors (Lipinski definition) is 7. The topological polar surface area (TPSA) is 122 Å². The number of anilines is 2. The van der Waals surface area contributed by atoms with Gasteiger partial charge in [-0.05, 0) is 24.0 Å². The van der Waals surface area contributed by atoms with Crippen molar-refractivity contribution in [2.45, 2.75) is 44.1 Å². The van der Waals surface area contributed by atoms with Crippen molar-refractivity contribution in [3.63, 3.8) is 0 Å². The minimum absolute atomic E-state index is 0.0680. The molecule has 1 aliphatic rings. The van der Waals surface area contributed by atoms with Crippen molar-refractivity contribution >= 4 is 23.2 Å². The van der Waals surface area contributed by atoms with E-state index >= 15 is 0 Å². The smallest absolute Gasteiger partial charge is 0.354 e. The number of amides is 1. The van der Waals surface area contributed by atoms with Crippen molar-refractivity contribution in [2.75, 3.05) is 10.7 Å². The Kier molecular flexibility index (Phi) is 7.09. The zero-order valence-corrected chi connectivity index (χ0v) is 18.1. The second kappa shape index (κ2) is 10.5. The zero-order chi connectivity index (χ0) is 23.0. The third-order valence-electron chi connectivity index (χ3n) is 5.78. The van der Waals surface area contributed by atoms with Crippen LogP contribution < -0.4 is 16.2 Å². The van der Waals surface area contributed by atoms with Crippen LogP contribution >= 0.6 is 0 Å². The van der Waals surface area contributed by atoms with E-state index in [1.165, 1.54) is 12.7 Å². The maximum absolute atomic E-state index is 13.2. The van der Waals surface area contributed by atoms with E-state index in [-0.39, 0.29) is 29.3 Å². The second-order valence-corrected chi connectivity index (χ2v) is 8.02. The highest BCUT2D eigenvalue weighted by Gasteiger charge is 2.27. The summed E-state index contributed by atoms with van der Waals surface area (Å²) in [6.07, 6.45) is 6.47. The highest BCUT2D eigenvalue weighted by atomic mass is 16.6. The summed E-state index contributed by atoms with van der Waals surface area (Å²) >= 11 is 0. The first-order chi connectivity index (χ1) is 16.1. The lowest BCUT2D eigenvalue weighted by molar-refractivity contribution is -0.383. The van der Waals surface area contributed by atoms with Gasteiger partial charge >= 0.3 is 5.69 Å². The average Bonchev–Trinajstić information content (AvgIpc) is 2.85. The molecule has 2 aromatic carbocycles. The minimum Gasteiger partial charge on any atom is -0.361 e. The summed E-state index contributed by atoms with van der Waals surface area (Å²) in [4.78, 5) is 32.6. The van der Waals surface area contributed by atoms with Crippen molar-refractivity contribution in [3.05, 3.63) is 88.2 Å². The van der Waals surface area contributed by atoms with Gasteiger partial charge in [0.1, 0.15) is 6.33 Å². The number of carbonyl (C=O) groups is 1. The van der Waals surface area contributed by atoms with Gasteiger partial charge in [-0.25, -0.2) is 9.97 Å². The van der Waals surface area contributed by atoms with Gasteiger partial charge in [-0.1, -0.05) is 79.9 Å². The molecule has 0 unspecified atom stereocenters. The largest absolute Gasteiger partial charge is 0.361 e. The molecule has 170 valence electrons. The Bertz CT molecular complexity index is 1050. The first kappa shape index (κ1) is 22.2. The number of hydrazine groups is 1. The minimum atomic E-state index is -0.597. The predicted octanol–water partition coefficient (Wildman–Crippen LogP) is 4.40. The van der Waals surface area contributed by atoms with Crippen molar-refractivity contribution in [3.8, 4) is 0 Å². The van der Waals surface area contributed by atoms with Crippen LogP contribution in [0.5, 0.6) is 0 Å². The predicted molar refractivity (Wildman–Crippen MR) is 126 cm³/mol. The summed E-state index contributed by atoms with van der Waals surface area (Å²) in [5.74, 6) is -0.870. The summed E-state index contributed by atoms with van der Waals surface area (Å²) in [6, 6.07) is 18.8. The zero-order valence-electron chi connectivity index (χ0n) is 18.1. The maximum Gasteiger partial charge on any atom is 0.354 e. The molecule has 0 atom stereocenters. The van der Waals surface area contributed by atoms with E-state index in [0.29, 0.717) is 0 Å². The number of aromatic nitrogens is 2. The highest BCUT2D eigenvalue weighted by molar-refractivity contribution is 5.88. The van der Waals surface area contributed by atoms with Gasteiger partial charge < -0.3 is 5.32 Å². The van der Waals surface area contributed by atoms with E-state index < -0.39 is 10.8 Å². The lowest BCUT2D eigenvalue weighted by atomic mass is 9.91. The Morgan fingerprint density at radius 2 is 1.48 bits per heavy atom. The number of benzene rings is 2. The van der Waals surface area contributed by atoms with Crippen LogP contribution in [0.3, 0.4) is 0 Å². The number of nitrogens with zero attached hydrogens (tertiary/aromatic N) is 3. The summed E-state index contributed by atoms with van der Waals surface area (Å²) in [7, 11) is 0. The molecule has 1 amide bonds. The molecule has 3 N–H and O–H groups in total. The fourth-order valence-corrected chi connectivity index (χ4v) is 4.17. The third-order valence-corrected chi connectivity index (χ3v) is 5.78. The van der Waals surface area contributed by atoms with Gasteiger partial charge in [-0.2, -0.15) is 0 Å². The van der Waals surface area contributed by atoms with Gasteiger partial charge in [0.05, 0.1) is 10.8 Å². The van der Waals surface area contributed by atoms with Crippen LogP contribution in [0.1, 0.15) is 49.1 Å². The van der Waals surface area contributed by atoms with Crippen LogP contribution in [0.15, 0.2) is 67.0 Å². The first-order valence-electron chi connectivity index (χ1n) is 11.0. The average molecular weight is 447 g/mol. The summed E-state index contributed by atoms with van der Waals surface area (Å²) in [6.45, 7) is 0. The molecule has 1 heterocycles. The maximum atomic E-state index is 13.2. The lowest BCUT2D eigenvalue weighted by Gasteiger charge is -2.23. The fraction of sp³-hybridized carbons (Fsp3) is 0.292. The van der Waals surface area contributed by atoms with E-state index in [1.807, 2.05) is 60.7 Å². The molecule has 1 fully saturated rings. The van der Waals surface area contributed by atoms with Gasteiger partial charge in [0.2, 0.25) is 17.5 Å². The van der Waals surface area contributed by atoms with E-state index in [1.54, 1.807) is 0 Å². The van der Waals surface area contributed by atoms with Gasteiger partial charge in [0, 0.05) is 6.04 Å². The number of nitro groups is 1. The van der Waals surface area contributed by atoms with Gasteiger partial charge in [0.15, 0.2) is 0 Å². The molecule has 1 aromatic heterocycles. The fourth-order valence-electron chi connectivity index (χ4n) is 4.17. The van der Waals surface area contributed by atoms with Gasteiger partial charge in [-0.15, -0.1) is 0 Å². The van der Waals surface area contributed by atoms with Crippen molar-refractivity contribution in [1.82, 2.24) is 15.4 Å². The Morgan fingerprint density at radius 3 is 2.06 bits per heavy atom. The van der Waals surface area contributed by atoms with Crippen LogP contribution in [0.4, 0.5) is 17.3 Å². The molecule has 0 aliphatic heterocycles. The summed E-state index contributed by atoms with van der Waals surface area (Å²) in [5.41, 5.74) is 6.59. The standard InChI is InChI=1S/C24H26N6O3/c31-24(20(17-10-4-1-5-11-17)18-12-6-2-7-13-18)29-28-23-21(30(32)33)22(25-16-26-23)27-19-14-8-3-9-15-19/h1-2,4-7,10-13,16,19-20H,3,8-9,14-15H2,(H,29,31)(H2,25,26,27,28). The monoisotopic (exact) mass is 446 g/mol. The molecule has 0 spiro atoms. The number of nitrogens with one attached hydrogen (secondary N) is 3. The molecular formula is C24H26N6O3. The number of carbonyl (C=O) groups excluding carboxylic acids is 1. The molecular weight excluding hydrogens is 420 g/mol. The van der Waals surface area contributed by atoms with Crippen LogP contribution in [0.2, 0.25) is 0 Å². The van der Waals surface area contributed by atoms with Crippen molar-refractivity contribution in [1.29, 1.82) is 0 Å². The summed E-state index contributed by atoms with van der Waals surface area (Å²) < 4.78 is 0. The number of hydrogen-bond donors (Lipinski definition) is 3. The molecule has 0 bridgehead atoms. The van der Waals surface area contributed by atoms with Crippen LogP contribution in [0, 0.1) is 10.1 Å². The Labute approximate surface area is 191 Å². The Morgan fingerprint density at radius 1 is 0.909 bits per heavy atom. The van der Waals surface area contributed by atoms with E-state index in [9.17, 15) is 14.9 Å². The normalized spacial score (nSPS) is 14.0. The van der Waals surface area contributed by atoms with E-state index in [2.05, 4.69) is 26.1 Å². The van der Waals surface area contributed by atoms with Crippen molar-refractivity contribution < 1.29 is 9.72 Å². The molecule has 0 saturated heterocycles. The van der Waals surface area contributed by atoms with Crippen LogP contribution in [-0.4, -0.2) is 26.8 Å². The van der Waals surface area contributed by atoms with E-state index in [0.717, 1.165) is 36.8 Å². The summed E-state index contributed by atoms with van der Waals surface area (Å²) in [5, 5.41) is 15.0. The van der Waals surface area contributed by atoms with Gasteiger partial charge in [-0.3, -0.25) is 25.8 Å². The highest BCUT2D eigenvalue weighted by Crippen LogP contribution is 2.31. The molecule has 33 heavy (non-hydrogen) atoms. The van der Waals surface area contributed by atoms with Crippen molar-refractivity contribution in [2.24, 2.45) is 0 Å². The first-order valence-corrected chi connectivity index (χ1v) is 11.0. The Balaban J connectivity index is 1.55. The molecule has 1 saturated carbocycles. The molecule has 4 rings (SSSR count). The second-order valence-electron chi connectivity index (χ2n) is 8.02. The molecule has 3 aromatic rings. The molecule has 9 heteroatoms. The number of rotatable bonds is 8. The van der Waals surface area contributed by atoms with Crippen LogP contribution in [0.25, 0.3) is 0 Å². The quantitative estimate of drug-likeness (QED) is 0.346. The Hall–Kier alpha value is -4.01.